The van der Waals surface area contributed by atoms with Crippen LogP contribution in [0.2, 0.25) is 0 Å². The molecule has 2 aliphatic heterocycles. The number of carbonyl (C=O) groups is 3. The third kappa shape index (κ3) is 3.05. The average Bonchev–Trinajstić information content (AvgIpc) is 3.18. The van der Waals surface area contributed by atoms with Crippen molar-refractivity contribution in [1.82, 2.24) is 15.5 Å². The number of fused-ring (bicyclic) bond motifs is 1. The van der Waals surface area contributed by atoms with Crippen LogP contribution < -0.4 is 16.4 Å². The summed E-state index contributed by atoms with van der Waals surface area (Å²) in [5.74, 6) is -0.220. The highest BCUT2D eigenvalue weighted by Crippen LogP contribution is 2.30. The topological polar surface area (TPSA) is 105 Å². The maximum Gasteiger partial charge on any atom is 0.255 e. The van der Waals surface area contributed by atoms with E-state index in [9.17, 15) is 14.4 Å². The Hall–Kier alpha value is -2.25. The highest BCUT2D eigenvalue weighted by Gasteiger charge is 2.39. The molecule has 7 nitrogen and oxygen atoms in total. The van der Waals surface area contributed by atoms with Gasteiger partial charge in [0, 0.05) is 31.1 Å². The third-order valence-electron chi connectivity index (χ3n) is 5.38. The fraction of sp³-hybridized carbons (Fsp3) is 0.500. The van der Waals surface area contributed by atoms with Gasteiger partial charge in [-0.15, -0.1) is 0 Å². The van der Waals surface area contributed by atoms with Crippen LogP contribution in [0.25, 0.3) is 0 Å². The molecule has 3 aliphatic rings. The number of hydrogen-bond donors (Lipinski definition) is 3. The summed E-state index contributed by atoms with van der Waals surface area (Å²) in [6, 6.07) is 5.45. The van der Waals surface area contributed by atoms with Crippen molar-refractivity contribution in [2.24, 2.45) is 11.7 Å². The lowest BCUT2D eigenvalue weighted by Crippen LogP contribution is -2.52. The standard InChI is InChI=1S/C18H22N4O3/c19-14-6-11(14)8-20-7-10-2-1-3-12-13(10)9-22(18(12)25)15-4-5-16(23)21-17(15)24/h1-3,11,14-15,20H,4-9,19H2,(H,21,23,24)/t11-,14+,15?/m0/s1. The van der Waals surface area contributed by atoms with E-state index in [2.05, 4.69) is 10.6 Å². The SMILES string of the molecule is N[C@@H]1C[C@H]1CNCc1cccc2c1CN(C1CCC(=O)NC1=O)C2=O. The van der Waals surface area contributed by atoms with Gasteiger partial charge in [-0.05, 0) is 42.5 Å². The van der Waals surface area contributed by atoms with Crippen molar-refractivity contribution in [3.05, 3.63) is 34.9 Å². The van der Waals surface area contributed by atoms with Crippen LogP contribution in [0.4, 0.5) is 0 Å². The molecule has 4 N–H and O–H groups in total. The van der Waals surface area contributed by atoms with Gasteiger partial charge in [-0.25, -0.2) is 0 Å². The van der Waals surface area contributed by atoms with Crippen LogP contribution in [-0.4, -0.2) is 41.2 Å². The first-order chi connectivity index (χ1) is 12.0. The van der Waals surface area contributed by atoms with Gasteiger partial charge in [0.1, 0.15) is 6.04 Å². The van der Waals surface area contributed by atoms with Gasteiger partial charge in [0.25, 0.3) is 5.91 Å². The fourth-order valence-corrected chi connectivity index (χ4v) is 3.71. The first-order valence-corrected chi connectivity index (χ1v) is 8.76. The highest BCUT2D eigenvalue weighted by atomic mass is 16.2. The average molecular weight is 342 g/mol. The van der Waals surface area contributed by atoms with E-state index in [-0.39, 0.29) is 24.1 Å². The monoisotopic (exact) mass is 342 g/mol. The first-order valence-electron chi connectivity index (χ1n) is 8.76. The molecule has 4 rings (SSSR count). The van der Waals surface area contributed by atoms with Crippen LogP contribution in [0.1, 0.15) is 40.7 Å². The molecule has 1 saturated heterocycles. The number of imide groups is 1. The van der Waals surface area contributed by atoms with Gasteiger partial charge in [0.2, 0.25) is 11.8 Å². The lowest BCUT2D eigenvalue weighted by Gasteiger charge is -2.29. The van der Waals surface area contributed by atoms with Crippen molar-refractivity contribution in [2.45, 2.75) is 44.4 Å². The van der Waals surface area contributed by atoms with Crippen molar-refractivity contribution in [3.63, 3.8) is 0 Å². The molecule has 1 aromatic rings. The number of amides is 3. The molecule has 1 aliphatic carbocycles. The van der Waals surface area contributed by atoms with Crippen molar-refractivity contribution in [2.75, 3.05) is 6.54 Å². The van der Waals surface area contributed by atoms with E-state index >= 15 is 0 Å². The zero-order valence-electron chi connectivity index (χ0n) is 14.0. The number of nitrogens with one attached hydrogen (secondary N) is 2. The van der Waals surface area contributed by atoms with E-state index in [1.54, 1.807) is 4.90 Å². The zero-order chi connectivity index (χ0) is 17.6. The molecule has 1 saturated carbocycles. The molecule has 25 heavy (non-hydrogen) atoms. The Labute approximate surface area is 145 Å². The van der Waals surface area contributed by atoms with E-state index in [0.29, 0.717) is 37.0 Å². The molecule has 132 valence electrons. The molecule has 2 fully saturated rings. The van der Waals surface area contributed by atoms with Crippen molar-refractivity contribution in [3.8, 4) is 0 Å². The van der Waals surface area contributed by atoms with Crippen LogP contribution in [0.15, 0.2) is 18.2 Å². The van der Waals surface area contributed by atoms with Gasteiger partial charge < -0.3 is 16.0 Å². The lowest BCUT2D eigenvalue weighted by atomic mass is 10.0. The van der Waals surface area contributed by atoms with Crippen LogP contribution in [0.5, 0.6) is 0 Å². The van der Waals surface area contributed by atoms with E-state index in [1.807, 2.05) is 18.2 Å². The van der Waals surface area contributed by atoms with Crippen LogP contribution >= 0.6 is 0 Å². The van der Waals surface area contributed by atoms with Gasteiger partial charge in [0.05, 0.1) is 0 Å². The summed E-state index contributed by atoms with van der Waals surface area (Å²) in [4.78, 5) is 37.8. The molecule has 0 bridgehead atoms. The van der Waals surface area contributed by atoms with Gasteiger partial charge in [0.15, 0.2) is 0 Å². The summed E-state index contributed by atoms with van der Waals surface area (Å²) in [7, 11) is 0. The second-order valence-electron chi connectivity index (χ2n) is 7.13. The molecule has 2 heterocycles. The predicted octanol–water partition coefficient (Wildman–Crippen LogP) is -0.116. The summed E-state index contributed by atoms with van der Waals surface area (Å²) < 4.78 is 0. The number of rotatable bonds is 5. The van der Waals surface area contributed by atoms with E-state index in [1.165, 1.54) is 0 Å². The smallest absolute Gasteiger partial charge is 0.255 e. The number of hydrogen-bond acceptors (Lipinski definition) is 5. The third-order valence-corrected chi connectivity index (χ3v) is 5.38. The maximum absolute atomic E-state index is 12.7. The number of nitrogens with zero attached hydrogens (tertiary/aromatic N) is 1. The van der Waals surface area contributed by atoms with Gasteiger partial charge >= 0.3 is 0 Å². The summed E-state index contributed by atoms with van der Waals surface area (Å²) >= 11 is 0. The molecule has 0 spiro atoms. The molecule has 1 unspecified atom stereocenters. The zero-order valence-corrected chi connectivity index (χ0v) is 14.0. The molecular formula is C18H22N4O3. The molecular weight excluding hydrogens is 320 g/mol. The normalized spacial score (nSPS) is 28.1. The fourth-order valence-electron chi connectivity index (χ4n) is 3.71. The molecule has 1 aromatic carbocycles. The summed E-state index contributed by atoms with van der Waals surface area (Å²) in [6.45, 7) is 1.99. The molecule has 3 amide bonds. The van der Waals surface area contributed by atoms with Gasteiger partial charge in [-0.2, -0.15) is 0 Å². The lowest BCUT2D eigenvalue weighted by molar-refractivity contribution is -0.136. The second-order valence-corrected chi connectivity index (χ2v) is 7.13. The van der Waals surface area contributed by atoms with Crippen molar-refractivity contribution >= 4 is 17.7 Å². The van der Waals surface area contributed by atoms with E-state index in [4.69, 9.17) is 5.73 Å². The largest absolute Gasteiger partial charge is 0.327 e. The van der Waals surface area contributed by atoms with Crippen molar-refractivity contribution in [1.29, 1.82) is 0 Å². The minimum Gasteiger partial charge on any atom is -0.327 e. The summed E-state index contributed by atoms with van der Waals surface area (Å²) in [6.07, 6.45) is 1.73. The number of benzene rings is 1. The first kappa shape index (κ1) is 16.2. The predicted molar refractivity (Wildman–Crippen MR) is 90.3 cm³/mol. The van der Waals surface area contributed by atoms with Gasteiger partial charge in [-0.1, -0.05) is 12.1 Å². The second kappa shape index (κ2) is 6.24. The molecule has 7 heteroatoms. The molecule has 0 aromatic heterocycles. The minimum atomic E-state index is -0.567. The van der Waals surface area contributed by atoms with Crippen LogP contribution in [0, 0.1) is 5.92 Å². The Kier molecular flexibility index (Phi) is 4.05. The summed E-state index contributed by atoms with van der Waals surface area (Å²) in [5, 5.41) is 5.74. The van der Waals surface area contributed by atoms with Crippen molar-refractivity contribution < 1.29 is 14.4 Å². The number of nitrogens with two attached hydrogens (primary N) is 1. The Bertz CT molecular complexity index is 748. The maximum atomic E-state index is 12.7. The number of piperidine rings is 1. The Balaban J connectivity index is 1.47. The van der Waals surface area contributed by atoms with E-state index < -0.39 is 6.04 Å². The number of carbonyl (C=O) groups excluding carboxylic acids is 3. The Morgan fingerprint density at radius 1 is 1.28 bits per heavy atom. The van der Waals surface area contributed by atoms with Gasteiger partial charge in [-0.3, -0.25) is 19.7 Å². The Morgan fingerprint density at radius 3 is 2.80 bits per heavy atom. The van der Waals surface area contributed by atoms with Crippen LogP contribution in [0.3, 0.4) is 0 Å². The highest BCUT2D eigenvalue weighted by molar-refractivity contribution is 6.05. The Morgan fingerprint density at radius 2 is 2.08 bits per heavy atom. The summed E-state index contributed by atoms with van der Waals surface area (Å²) in [5.41, 5.74) is 8.54. The molecule has 0 radical (unpaired) electrons. The van der Waals surface area contributed by atoms with E-state index in [0.717, 1.165) is 24.1 Å². The minimum absolute atomic E-state index is 0.129. The quantitative estimate of drug-likeness (QED) is 0.648. The molecule has 3 atom stereocenters. The van der Waals surface area contributed by atoms with Crippen LogP contribution in [-0.2, 0) is 22.7 Å².